The Bertz CT molecular complexity index is 748. The highest BCUT2D eigenvalue weighted by Gasteiger charge is 2.24. The highest BCUT2D eigenvalue weighted by atomic mass is 16.2. The molecule has 7 nitrogen and oxygen atoms in total. The number of benzene rings is 1. The van der Waals surface area contributed by atoms with Crippen molar-refractivity contribution >= 4 is 17.7 Å². The van der Waals surface area contributed by atoms with E-state index in [1.165, 1.54) is 12.3 Å². The van der Waals surface area contributed by atoms with Gasteiger partial charge in [0, 0.05) is 6.20 Å². The lowest BCUT2D eigenvalue weighted by Gasteiger charge is -2.21. The van der Waals surface area contributed by atoms with Crippen molar-refractivity contribution in [1.29, 1.82) is 0 Å². The van der Waals surface area contributed by atoms with Crippen molar-refractivity contribution < 1.29 is 14.4 Å². The van der Waals surface area contributed by atoms with Gasteiger partial charge in [-0.2, -0.15) is 0 Å². The topological polar surface area (TPSA) is 100 Å². The van der Waals surface area contributed by atoms with Gasteiger partial charge in [-0.15, -0.1) is 0 Å². The standard InChI is InChI=1S/C19H22N4O3/c1-13(2)17(21-16(24)12-14-8-4-3-5-9-14)19(26)23-22-18(25)15-10-6-7-11-20-15/h3-11,13,17H,12H2,1-2H3,(H,21,24)(H,22,25)(H,23,26)/t17-/m0/s1. The van der Waals surface area contributed by atoms with E-state index in [-0.39, 0.29) is 23.9 Å². The van der Waals surface area contributed by atoms with Crippen LogP contribution in [0.1, 0.15) is 29.9 Å². The van der Waals surface area contributed by atoms with Gasteiger partial charge in [0.1, 0.15) is 11.7 Å². The maximum atomic E-state index is 12.3. The summed E-state index contributed by atoms with van der Waals surface area (Å²) in [6.07, 6.45) is 1.66. The zero-order valence-corrected chi connectivity index (χ0v) is 14.7. The van der Waals surface area contributed by atoms with E-state index in [9.17, 15) is 14.4 Å². The first-order chi connectivity index (χ1) is 12.5. The molecule has 0 aliphatic carbocycles. The fourth-order valence-corrected chi connectivity index (χ4v) is 2.30. The number of rotatable bonds is 6. The predicted molar refractivity (Wildman–Crippen MR) is 96.8 cm³/mol. The van der Waals surface area contributed by atoms with Crippen LogP contribution in [0.2, 0.25) is 0 Å². The zero-order valence-electron chi connectivity index (χ0n) is 14.7. The highest BCUT2D eigenvalue weighted by Crippen LogP contribution is 2.04. The van der Waals surface area contributed by atoms with E-state index in [1.807, 2.05) is 44.2 Å². The minimum absolute atomic E-state index is 0.151. The minimum atomic E-state index is -0.768. The van der Waals surface area contributed by atoms with E-state index >= 15 is 0 Å². The Kier molecular flexibility index (Phi) is 6.84. The quantitative estimate of drug-likeness (QED) is 0.679. The first-order valence-corrected chi connectivity index (χ1v) is 8.32. The smallest absolute Gasteiger partial charge is 0.288 e. The highest BCUT2D eigenvalue weighted by molar-refractivity contribution is 5.95. The van der Waals surface area contributed by atoms with Crippen molar-refractivity contribution in [2.75, 3.05) is 0 Å². The number of nitrogens with zero attached hydrogens (tertiary/aromatic N) is 1. The lowest BCUT2D eigenvalue weighted by molar-refractivity contribution is -0.130. The molecule has 2 rings (SSSR count). The van der Waals surface area contributed by atoms with E-state index < -0.39 is 17.9 Å². The monoisotopic (exact) mass is 354 g/mol. The summed E-state index contributed by atoms with van der Waals surface area (Å²) in [5.41, 5.74) is 5.68. The molecule has 3 N–H and O–H groups in total. The van der Waals surface area contributed by atoms with Crippen LogP contribution in [0, 0.1) is 5.92 Å². The molecule has 0 radical (unpaired) electrons. The number of carbonyl (C=O) groups is 3. The first kappa shape index (κ1) is 19.1. The van der Waals surface area contributed by atoms with E-state index in [0.717, 1.165) is 5.56 Å². The van der Waals surface area contributed by atoms with Gasteiger partial charge in [0.15, 0.2) is 0 Å². The van der Waals surface area contributed by atoms with Crippen molar-refractivity contribution in [3.63, 3.8) is 0 Å². The van der Waals surface area contributed by atoms with Crippen LogP contribution in [0.4, 0.5) is 0 Å². The third kappa shape index (κ3) is 5.70. The molecule has 3 amide bonds. The summed E-state index contributed by atoms with van der Waals surface area (Å²) < 4.78 is 0. The fourth-order valence-electron chi connectivity index (χ4n) is 2.30. The Labute approximate surface area is 152 Å². The van der Waals surface area contributed by atoms with Gasteiger partial charge in [-0.25, -0.2) is 0 Å². The van der Waals surface area contributed by atoms with Gasteiger partial charge < -0.3 is 5.32 Å². The molecule has 0 aliphatic rings. The molecule has 0 saturated heterocycles. The van der Waals surface area contributed by atoms with Crippen LogP contribution in [-0.4, -0.2) is 28.7 Å². The molecular weight excluding hydrogens is 332 g/mol. The second-order valence-electron chi connectivity index (χ2n) is 6.11. The van der Waals surface area contributed by atoms with Crippen LogP contribution in [0.3, 0.4) is 0 Å². The van der Waals surface area contributed by atoms with Gasteiger partial charge in [-0.1, -0.05) is 50.2 Å². The molecule has 2 aromatic rings. The number of hydrogen-bond acceptors (Lipinski definition) is 4. The van der Waals surface area contributed by atoms with E-state index in [1.54, 1.807) is 12.1 Å². The summed E-state index contributed by atoms with van der Waals surface area (Å²) in [6.45, 7) is 3.63. The van der Waals surface area contributed by atoms with Crippen LogP contribution in [0.5, 0.6) is 0 Å². The first-order valence-electron chi connectivity index (χ1n) is 8.32. The van der Waals surface area contributed by atoms with E-state index in [0.29, 0.717) is 0 Å². The van der Waals surface area contributed by atoms with Gasteiger partial charge in [0.2, 0.25) is 5.91 Å². The summed E-state index contributed by atoms with van der Waals surface area (Å²) >= 11 is 0. The Morgan fingerprint density at radius 2 is 1.65 bits per heavy atom. The largest absolute Gasteiger partial charge is 0.344 e. The average Bonchev–Trinajstić information content (AvgIpc) is 2.65. The van der Waals surface area contributed by atoms with Crippen LogP contribution in [-0.2, 0) is 16.0 Å². The Morgan fingerprint density at radius 1 is 0.962 bits per heavy atom. The van der Waals surface area contributed by atoms with Crippen molar-refractivity contribution in [1.82, 2.24) is 21.2 Å². The van der Waals surface area contributed by atoms with Crippen molar-refractivity contribution in [2.45, 2.75) is 26.3 Å². The number of pyridine rings is 1. The molecule has 1 aromatic carbocycles. The average molecular weight is 354 g/mol. The number of aromatic nitrogens is 1. The third-order valence-electron chi connectivity index (χ3n) is 3.67. The molecule has 0 aliphatic heterocycles. The van der Waals surface area contributed by atoms with E-state index in [2.05, 4.69) is 21.2 Å². The van der Waals surface area contributed by atoms with Crippen molar-refractivity contribution in [2.24, 2.45) is 5.92 Å². The van der Waals surface area contributed by atoms with E-state index in [4.69, 9.17) is 0 Å². The van der Waals surface area contributed by atoms with Crippen LogP contribution in [0.15, 0.2) is 54.7 Å². The molecule has 0 fully saturated rings. The molecule has 26 heavy (non-hydrogen) atoms. The summed E-state index contributed by atoms with van der Waals surface area (Å²) in [6, 6.07) is 13.4. The minimum Gasteiger partial charge on any atom is -0.344 e. The summed E-state index contributed by atoms with van der Waals surface area (Å²) in [7, 11) is 0. The van der Waals surface area contributed by atoms with Gasteiger partial charge >= 0.3 is 0 Å². The molecule has 0 spiro atoms. The lowest BCUT2D eigenvalue weighted by atomic mass is 10.0. The number of nitrogens with one attached hydrogen (secondary N) is 3. The second-order valence-corrected chi connectivity index (χ2v) is 6.11. The molecular formula is C19H22N4O3. The number of carbonyl (C=O) groups excluding carboxylic acids is 3. The third-order valence-corrected chi connectivity index (χ3v) is 3.67. The maximum absolute atomic E-state index is 12.3. The van der Waals surface area contributed by atoms with Crippen LogP contribution >= 0.6 is 0 Å². The summed E-state index contributed by atoms with van der Waals surface area (Å²) in [5.74, 6) is -1.44. The Hall–Kier alpha value is -3.22. The summed E-state index contributed by atoms with van der Waals surface area (Å²) in [4.78, 5) is 40.4. The molecule has 0 saturated carbocycles. The molecule has 1 aromatic heterocycles. The SMILES string of the molecule is CC(C)[C@H](NC(=O)Cc1ccccc1)C(=O)NNC(=O)c1ccccn1. The normalized spacial score (nSPS) is 11.5. The number of amides is 3. The van der Waals surface area contributed by atoms with Gasteiger partial charge in [0.25, 0.3) is 11.8 Å². The molecule has 0 unspecified atom stereocenters. The molecule has 7 heteroatoms. The van der Waals surface area contributed by atoms with Crippen LogP contribution in [0.25, 0.3) is 0 Å². The maximum Gasteiger partial charge on any atom is 0.288 e. The molecule has 1 atom stereocenters. The van der Waals surface area contributed by atoms with Gasteiger partial charge in [0.05, 0.1) is 6.42 Å². The fraction of sp³-hybridized carbons (Fsp3) is 0.263. The molecule has 1 heterocycles. The molecule has 136 valence electrons. The number of hydrazine groups is 1. The predicted octanol–water partition coefficient (Wildman–Crippen LogP) is 1.23. The second kappa shape index (κ2) is 9.31. The van der Waals surface area contributed by atoms with Crippen molar-refractivity contribution in [3.05, 3.63) is 66.0 Å². The Balaban J connectivity index is 1.90. The zero-order chi connectivity index (χ0) is 18.9. The lowest BCUT2D eigenvalue weighted by Crippen LogP contribution is -2.54. The van der Waals surface area contributed by atoms with Crippen molar-refractivity contribution in [3.8, 4) is 0 Å². The van der Waals surface area contributed by atoms with Gasteiger partial charge in [-0.05, 0) is 23.6 Å². The summed E-state index contributed by atoms with van der Waals surface area (Å²) in [5, 5.41) is 2.71. The number of hydrogen-bond donors (Lipinski definition) is 3. The molecule has 0 bridgehead atoms. The Morgan fingerprint density at radius 3 is 2.27 bits per heavy atom. The van der Waals surface area contributed by atoms with Crippen LogP contribution < -0.4 is 16.2 Å². The van der Waals surface area contributed by atoms with Gasteiger partial charge in [-0.3, -0.25) is 30.2 Å².